The van der Waals surface area contributed by atoms with Crippen molar-refractivity contribution in [3.63, 3.8) is 0 Å². The first-order valence-corrected chi connectivity index (χ1v) is 2.50. The van der Waals surface area contributed by atoms with E-state index in [2.05, 4.69) is 0 Å². The van der Waals surface area contributed by atoms with Gasteiger partial charge in [0.25, 0.3) is 0 Å². The van der Waals surface area contributed by atoms with Gasteiger partial charge in [0, 0.05) is 6.42 Å². The summed E-state index contributed by atoms with van der Waals surface area (Å²) in [6, 6.07) is -1.84. The molecule has 0 atom stereocenters. The highest BCUT2D eigenvalue weighted by Gasteiger charge is 1.84. The largest absolute Gasteiger partial charge is 0.303 e. The highest BCUT2D eigenvalue weighted by molar-refractivity contribution is 5.54. The topological polar surface area (TPSA) is 17.1 Å². The molecule has 0 aliphatic carbocycles. The Labute approximate surface area is 61.3 Å². The Morgan fingerprint density at radius 2 is 2.11 bits per heavy atom. The molecule has 0 fully saturated rings. The molecule has 1 rings (SSSR count). The van der Waals surface area contributed by atoms with Crippen molar-refractivity contribution in [3.8, 4) is 0 Å². The van der Waals surface area contributed by atoms with Crippen LogP contribution >= 0.6 is 0 Å². The van der Waals surface area contributed by atoms with Gasteiger partial charge >= 0.3 is 0 Å². The van der Waals surface area contributed by atoms with Crippen molar-refractivity contribution in [2.24, 2.45) is 0 Å². The van der Waals surface area contributed by atoms with Crippen LogP contribution in [0.4, 0.5) is 0 Å². The smallest absolute Gasteiger partial charge is 0.124 e. The molecule has 9 heavy (non-hydrogen) atoms. The molecule has 0 heterocycles. The predicted octanol–water partition coefficient (Wildman–Crippen LogP) is 1.43. The van der Waals surface area contributed by atoms with Gasteiger partial charge in [0.05, 0.1) is 6.85 Å². The SMILES string of the molecule is [2H]c1c([2H])c([2H])c(CC=O)c([2H])c1[2H]. The molecular formula is C8H8O. The Bertz CT molecular complexity index is 359. The first-order chi connectivity index (χ1) is 6.50. The number of hydrogen-bond acceptors (Lipinski definition) is 1. The zero-order chi connectivity index (χ0) is 10.9. The minimum atomic E-state index is -0.436. The summed E-state index contributed by atoms with van der Waals surface area (Å²) in [4.78, 5) is 10.3. The van der Waals surface area contributed by atoms with Crippen LogP contribution in [-0.2, 0) is 11.2 Å². The molecule has 0 aliphatic heterocycles. The molecule has 0 aromatic heterocycles. The first-order valence-electron chi connectivity index (χ1n) is 5.00. The van der Waals surface area contributed by atoms with Crippen LogP contribution in [0.5, 0.6) is 0 Å². The van der Waals surface area contributed by atoms with E-state index in [9.17, 15) is 4.79 Å². The zero-order valence-corrected chi connectivity index (χ0v) is 4.69. The van der Waals surface area contributed by atoms with Gasteiger partial charge < -0.3 is 4.79 Å². The van der Waals surface area contributed by atoms with E-state index in [1.54, 1.807) is 0 Å². The van der Waals surface area contributed by atoms with Crippen molar-refractivity contribution in [3.05, 3.63) is 35.8 Å². The highest BCUT2D eigenvalue weighted by atomic mass is 16.1. The maximum absolute atomic E-state index is 10.3. The van der Waals surface area contributed by atoms with Crippen LogP contribution in [0.2, 0.25) is 0 Å². The molecule has 0 aliphatic rings. The number of rotatable bonds is 2. The van der Waals surface area contributed by atoms with Crippen molar-refractivity contribution < 1.29 is 11.6 Å². The molecule has 0 unspecified atom stereocenters. The molecule has 1 aromatic rings. The number of carbonyl (C=O) groups is 1. The van der Waals surface area contributed by atoms with Crippen molar-refractivity contribution >= 4 is 6.29 Å². The summed E-state index contributed by atoms with van der Waals surface area (Å²) in [5.41, 5.74) is 0.0472. The fourth-order valence-corrected chi connectivity index (χ4v) is 0.461. The van der Waals surface area contributed by atoms with E-state index in [1.807, 2.05) is 0 Å². The Hall–Kier alpha value is -1.11. The van der Waals surface area contributed by atoms with E-state index in [0.29, 0.717) is 6.29 Å². The fourth-order valence-electron chi connectivity index (χ4n) is 0.461. The third-order valence-corrected chi connectivity index (χ3v) is 0.839. The summed E-state index contributed by atoms with van der Waals surface area (Å²) in [6.07, 6.45) is 0.365. The fraction of sp³-hybridized carbons (Fsp3) is 0.125. The van der Waals surface area contributed by atoms with Crippen LogP contribution in [0.1, 0.15) is 12.4 Å². The van der Waals surface area contributed by atoms with E-state index in [1.165, 1.54) is 0 Å². The van der Waals surface area contributed by atoms with Crippen LogP contribution < -0.4 is 0 Å². The Kier molecular flexibility index (Phi) is 0.758. The second-order valence-corrected chi connectivity index (χ2v) is 1.47. The number of hydrogen-bond donors (Lipinski definition) is 0. The third-order valence-electron chi connectivity index (χ3n) is 0.839. The van der Waals surface area contributed by atoms with Crippen LogP contribution in [0, 0.1) is 0 Å². The van der Waals surface area contributed by atoms with Gasteiger partial charge in [-0.25, -0.2) is 0 Å². The first kappa shape index (κ1) is 2.25. The molecule has 0 saturated carbocycles. The normalized spacial score (nSPS) is 16.7. The minimum Gasteiger partial charge on any atom is -0.303 e. The standard InChI is InChI=1S/C8H8O/c9-7-6-8-4-2-1-3-5-8/h1-5,7H,6H2/i1D,2D,3D,4D,5D. The van der Waals surface area contributed by atoms with Crippen molar-refractivity contribution in [1.82, 2.24) is 0 Å². The van der Waals surface area contributed by atoms with E-state index in [-0.39, 0.29) is 24.1 Å². The summed E-state index contributed by atoms with van der Waals surface area (Å²) < 4.78 is 36.7. The third kappa shape index (κ3) is 1.68. The van der Waals surface area contributed by atoms with Crippen molar-refractivity contribution in [1.29, 1.82) is 0 Å². The quantitative estimate of drug-likeness (QED) is 0.546. The van der Waals surface area contributed by atoms with Gasteiger partial charge in [-0.1, -0.05) is 30.2 Å². The lowest BCUT2D eigenvalue weighted by molar-refractivity contribution is -0.107. The maximum atomic E-state index is 10.3. The van der Waals surface area contributed by atoms with Crippen LogP contribution in [-0.4, -0.2) is 6.29 Å². The highest BCUT2D eigenvalue weighted by Crippen LogP contribution is 1.96. The molecule has 1 aromatic carbocycles. The maximum Gasteiger partial charge on any atom is 0.124 e. The number of carbonyl (C=O) groups excluding carboxylic acids is 1. The minimum absolute atomic E-state index is 0.0472. The molecule has 0 spiro atoms. The monoisotopic (exact) mass is 125 g/mol. The van der Waals surface area contributed by atoms with Crippen LogP contribution in [0.25, 0.3) is 0 Å². The Morgan fingerprint density at radius 1 is 1.44 bits per heavy atom. The van der Waals surface area contributed by atoms with E-state index in [4.69, 9.17) is 6.85 Å². The lowest BCUT2D eigenvalue weighted by atomic mass is 10.2. The van der Waals surface area contributed by atoms with Crippen LogP contribution in [0.15, 0.2) is 30.2 Å². The summed E-state index contributed by atoms with van der Waals surface area (Å²) in [6.45, 7) is 0. The Balaban J connectivity index is 3.50. The van der Waals surface area contributed by atoms with E-state index >= 15 is 0 Å². The van der Waals surface area contributed by atoms with Crippen molar-refractivity contribution in [2.45, 2.75) is 6.42 Å². The van der Waals surface area contributed by atoms with Gasteiger partial charge in [-0.15, -0.1) is 0 Å². The predicted molar refractivity (Wildman–Crippen MR) is 36.2 cm³/mol. The molecule has 0 amide bonds. The lowest BCUT2D eigenvalue weighted by Gasteiger charge is -1.89. The summed E-state index contributed by atoms with van der Waals surface area (Å²) in [7, 11) is 0. The van der Waals surface area contributed by atoms with E-state index < -0.39 is 18.1 Å². The average Bonchev–Trinajstić information content (AvgIpc) is 2.19. The second-order valence-electron chi connectivity index (χ2n) is 1.47. The molecule has 1 heteroatoms. The second kappa shape index (κ2) is 3.02. The number of aldehydes is 1. The van der Waals surface area contributed by atoms with Gasteiger partial charge in [0.15, 0.2) is 0 Å². The van der Waals surface area contributed by atoms with Gasteiger partial charge in [-0.3, -0.25) is 0 Å². The van der Waals surface area contributed by atoms with Crippen LogP contribution in [0.3, 0.4) is 0 Å². The molecule has 46 valence electrons. The zero-order valence-electron chi connectivity index (χ0n) is 9.69. The van der Waals surface area contributed by atoms with Gasteiger partial charge in [0.2, 0.25) is 0 Å². The molecule has 0 saturated heterocycles. The van der Waals surface area contributed by atoms with Crippen molar-refractivity contribution in [2.75, 3.05) is 0 Å². The molecule has 1 nitrogen and oxygen atoms in total. The van der Waals surface area contributed by atoms with E-state index in [0.717, 1.165) is 0 Å². The summed E-state index contributed by atoms with van der Waals surface area (Å²) >= 11 is 0. The molecule has 0 bridgehead atoms. The number of benzene rings is 1. The van der Waals surface area contributed by atoms with Gasteiger partial charge in [-0.05, 0) is 5.56 Å². The average molecular weight is 125 g/mol. The summed E-state index contributed by atoms with van der Waals surface area (Å²) in [5.74, 6) is 0. The van der Waals surface area contributed by atoms with Gasteiger partial charge in [0.1, 0.15) is 6.29 Å². The molecule has 0 N–H and O–H groups in total. The van der Waals surface area contributed by atoms with Gasteiger partial charge in [-0.2, -0.15) is 0 Å². The lowest BCUT2D eigenvalue weighted by Crippen LogP contribution is -1.82. The molecular weight excluding hydrogens is 112 g/mol. The summed E-state index contributed by atoms with van der Waals surface area (Å²) in [5, 5.41) is 0. The Morgan fingerprint density at radius 3 is 2.67 bits per heavy atom. The molecule has 0 radical (unpaired) electrons.